The Morgan fingerprint density at radius 2 is 1.88 bits per heavy atom. The van der Waals surface area contributed by atoms with E-state index >= 15 is 0 Å². The molecule has 3 heterocycles. The van der Waals surface area contributed by atoms with Gasteiger partial charge in [-0.1, -0.05) is 35.6 Å². The fraction of sp³-hybridized carbons (Fsp3) is 0.263. The highest BCUT2D eigenvalue weighted by molar-refractivity contribution is 7.19. The van der Waals surface area contributed by atoms with E-state index in [0.717, 1.165) is 37.7 Å². The van der Waals surface area contributed by atoms with Crippen LogP contribution >= 0.6 is 11.3 Å². The van der Waals surface area contributed by atoms with Gasteiger partial charge in [0.15, 0.2) is 5.13 Å². The van der Waals surface area contributed by atoms with Gasteiger partial charge in [-0.2, -0.15) is 0 Å². The number of fused-ring (bicyclic) bond motifs is 3. The second-order valence-corrected chi connectivity index (χ2v) is 7.27. The molecule has 3 aromatic rings. The van der Waals surface area contributed by atoms with Gasteiger partial charge in [-0.05, 0) is 17.2 Å². The number of nitrogens with zero attached hydrogens (tertiary/aromatic N) is 3. The number of hydrogen-bond donors (Lipinski definition) is 1. The van der Waals surface area contributed by atoms with Crippen LogP contribution in [-0.2, 0) is 6.42 Å². The Bertz CT molecular complexity index is 896. The van der Waals surface area contributed by atoms with E-state index in [-0.39, 0.29) is 0 Å². The summed E-state index contributed by atoms with van der Waals surface area (Å²) in [6.07, 6.45) is 4.89. The third kappa shape index (κ3) is 2.24. The number of benzene rings is 1. The van der Waals surface area contributed by atoms with Crippen LogP contribution in [0.3, 0.4) is 0 Å². The maximum Gasteiger partial charge on any atom is 0.185 e. The average molecular weight is 334 g/mol. The first-order valence-electron chi connectivity index (χ1n) is 8.38. The maximum absolute atomic E-state index is 4.69. The SMILES string of the molecule is c1ccc2c(c1)Cc1nccc(-c3cnc(N4CCNCC4)s3)c1-2. The van der Waals surface area contributed by atoms with Crippen molar-refractivity contribution in [1.29, 1.82) is 0 Å². The van der Waals surface area contributed by atoms with E-state index in [9.17, 15) is 0 Å². The number of pyridine rings is 1. The first-order chi connectivity index (χ1) is 11.9. The summed E-state index contributed by atoms with van der Waals surface area (Å²) in [4.78, 5) is 12.9. The lowest BCUT2D eigenvalue weighted by atomic mass is 10.0. The Morgan fingerprint density at radius 1 is 1.00 bits per heavy atom. The highest BCUT2D eigenvalue weighted by Gasteiger charge is 2.24. The summed E-state index contributed by atoms with van der Waals surface area (Å²) in [5.74, 6) is 0. The van der Waals surface area contributed by atoms with E-state index < -0.39 is 0 Å². The number of nitrogens with one attached hydrogen (secondary N) is 1. The van der Waals surface area contributed by atoms with Gasteiger partial charge >= 0.3 is 0 Å². The van der Waals surface area contributed by atoms with E-state index in [1.54, 1.807) is 11.3 Å². The van der Waals surface area contributed by atoms with Gasteiger partial charge in [0.25, 0.3) is 0 Å². The highest BCUT2D eigenvalue weighted by Crippen LogP contribution is 2.43. The van der Waals surface area contributed by atoms with Crippen molar-refractivity contribution in [2.24, 2.45) is 0 Å². The molecular formula is C19H18N4S. The molecule has 120 valence electrons. The Labute approximate surface area is 145 Å². The fourth-order valence-electron chi connectivity index (χ4n) is 3.64. The summed E-state index contributed by atoms with van der Waals surface area (Å²) in [6, 6.07) is 10.8. The summed E-state index contributed by atoms with van der Waals surface area (Å²) in [6.45, 7) is 4.13. The second kappa shape index (κ2) is 5.69. The van der Waals surface area contributed by atoms with Crippen molar-refractivity contribution in [3.8, 4) is 21.6 Å². The predicted octanol–water partition coefficient (Wildman–Crippen LogP) is 3.19. The molecule has 0 atom stereocenters. The van der Waals surface area contributed by atoms with Crippen LogP contribution in [0.2, 0.25) is 0 Å². The molecule has 2 aliphatic rings. The molecule has 2 aromatic heterocycles. The number of aromatic nitrogens is 2. The van der Waals surface area contributed by atoms with Crippen molar-refractivity contribution in [2.45, 2.75) is 6.42 Å². The molecule has 1 N–H and O–H groups in total. The molecule has 1 saturated heterocycles. The molecule has 1 fully saturated rings. The number of anilines is 1. The summed E-state index contributed by atoms with van der Waals surface area (Å²) < 4.78 is 0. The van der Waals surface area contributed by atoms with E-state index in [0.29, 0.717) is 0 Å². The van der Waals surface area contributed by atoms with Crippen molar-refractivity contribution < 1.29 is 0 Å². The van der Waals surface area contributed by atoms with Crippen molar-refractivity contribution >= 4 is 16.5 Å². The zero-order valence-corrected chi connectivity index (χ0v) is 14.1. The number of piperazine rings is 1. The minimum absolute atomic E-state index is 0.933. The summed E-state index contributed by atoms with van der Waals surface area (Å²) in [7, 11) is 0. The fourth-order valence-corrected chi connectivity index (χ4v) is 4.63. The van der Waals surface area contributed by atoms with E-state index in [1.165, 1.54) is 32.8 Å². The first-order valence-corrected chi connectivity index (χ1v) is 9.20. The van der Waals surface area contributed by atoms with Gasteiger partial charge in [0.2, 0.25) is 0 Å². The predicted molar refractivity (Wildman–Crippen MR) is 98.7 cm³/mol. The molecule has 0 amide bonds. The van der Waals surface area contributed by atoms with Crippen LogP contribution in [0.1, 0.15) is 11.3 Å². The second-order valence-electron chi connectivity index (χ2n) is 6.26. The molecule has 5 rings (SSSR count). The largest absolute Gasteiger partial charge is 0.346 e. The van der Waals surface area contributed by atoms with E-state index in [4.69, 9.17) is 4.98 Å². The molecule has 4 nitrogen and oxygen atoms in total. The van der Waals surface area contributed by atoms with Gasteiger partial charge < -0.3 is 10.2 Å². The molecule has 0 bridgehead atoms. The molecule has 0 saturated carbocycles. The Hall–Kier alpha value is -2.24. The molecule has 1 aliphatic carbocycles. The van der Waals surface area contributed by atoms with Gasteiger partial charge in [-0.25, -0.2) is 4.98 Å². The zero-order chi connectivity index (χ0) is 15.9. The Morgan fingerprint density at radius 3 is 2.79 bits per heavy atom. The van der Waals surface area contributed by atoms with Crippen LogP contribution in [0.15, 0.2) is 42.7 Å². The van der Waals surface area contributed by atoms with Crippen LogP contribution in [-0.4, -0.2) is 36.1 Å². The first kappa shape index (κ1) is 14.1. The molecular weight excluding hydrogens is 316 g/mol. The minimum atomic E-state index is 0.933. The van der Waals surface area contributed by atoms with Crippen molar-refractivity contribution in [1.82, 2.24) is 15.3 Å². The topological polar surface area (TPSA) is 41.1 Å². The lowest BCUT2D eigenvalue weighted by molar-refractivity contribution is 0.588. The normalized spacial score (nSPS) is 16.1. The molecule has 24 heavy (non-hydrogen) atoms. The molecule has 1 aliphatic heterocycles. The van der Waals surface area contributed by atoms with Crippen LogP contribution in [0.4, 0.5) is 5.13 Å². The molecule has 0 spiro atoms. The third-order valence-electron chi connectivity index (χ3n) is 4.82. The van der Waals surface area contributed by atoms with Crippen molar-refractivity contribution in [3.63, 3.8) is 0 Å². The van der Waals surface area contributed by atoms with Gasteiger partial charge in [-0.3, -0.25) is 4.98 Å². The quantitative estimate of drug-likeness (QED) is 0.611. The number of thiazole rings is 1. The summed E-state index contributed by atoms with van der Waals surface area (Å²) >= 11 is 1.79. The molecule has 0 radical (unpaired) electrons. The van der Waals surface area contributed by atoms with E-state index in [1.807, 2.05) is 12.4 Å². The molecule has 1 aromatic carbocycles. The number of hydrogen-bond acceptors (Lipinski definition) is 5. The Balaban J connectivity index is 1.58. The van der Waals surface area contributed by atoms with E-state index in [2.05, 4.69) is 45.5 Å². The summed E-state index contributed by atoms with van der Waals surface area (Å²) in [5.41, 5.74) is 6.45. The van der Waals surface area contributed by atoms with Crippen molar-refractivity contribution in [2.75, 3.05) is 31.1 Å². The lowest BCUT2D eigenvalue weighted by Gasteiger charge is -2.26. The lowest BCUT2D eigenvalue weighted by Crippen LogP contribution is -2.43. The van der Waals surface area contributed by atoms with Crippen LogP contribution in [0.25, 0.3) is 21.6 Å². The monoisotopic (exact) mass is 334 g/mol. The average Bonchev–Trinajstić information content (AvgIpc) is 3.27. The molecule has 5 heteroatoms. The standard InChI is InChI=1S/C19H18N4S/c1-2-4-14-13(3-1)11-16-18(14)15(5-6-21-16)17-12-22-19(24-17)23-9-7-20-8-10-23/h1-6,12,20H,7-11H2. The van der Waals surface area contributed by atoms with Gasteiger partial charge in [0.1, 0.15) is 0 Å². The van der Waals surface area contributed by atoms with Gasteiger partial charge in [-0.15, -0.1) is 0 Å². The van der Waals surface area contributed by atoms with Crippen molar-refractivity contribution in [3.05, 3.63) is 54.0 Å². The minimum Gasteiger partial charge on any atom is -0.346 e. The van der Waals surface area contributed by atoms with Crippen LogP contribution < -0.4 is 10.2 Å². The maximum atomic E-state index is 4.69. The zero-order valence-electron chi connectivity index (χ0n) is 13.3. The van der Waals surface area contributed by atoms with Gasteiger partial charge in [0, 0.05) is 56.1 Å². The number of rotatable bonds is 2. The summed E-state index contributed by atoms with van der Waals surface area (Å²) in [5, 5.41) is 4.52. The molecule has 0 unspecified atom stereocenters. The third-order valence-corrected chi connectivity index (χ3v) is 5.91. The van der Waals surface area contributed by atoms with Crippen LogP contribution in [0, 0.1) is 0 Å². The smallest absolute Gasteiger partial charge is 0.185 e. The van der Waals surface area contributed by atoms with Crippen LogP contribution in [0.5, 0.6) is 0 Å². The Kier molecular flexibility index (Phi) is 3.35. The highest BCUT2D eigenvalue weighted by atomic mass is 32.1. The van der Waals surface area contributed by atoms with Gasteiger partial charge in [0.05, 0.1) is 10.6 Å².